The molecule has 0 aliphatic heterocycles. The van der Waals surface area contributed by atoms with E-state index in [0.29, 0.717) is 30.6 Å². The number of hydrogen-bond acceptors (Lipinski definition) is 4. The number of pyridine rings is 1. The van der Waals surface area contributed by atoms with Crippen LogP contribution < -0.4 is 0 Å². The van der Waals surface area contributed by atoms with Gasteiger partial charge in [-0.25, -0.2) is 8.42 Å². The van der Waals surface area contributed by atoms with Gasteiger partial charge in [-0.15, -0.1) is 0 Å². The molecule has 29 heavy (non-hydrogen) atoms. The molecular weight excluding hydrogens is 384 g/mol. The predicted molar refractivity (Wildman–Crippen MR) is 114 cm³/mol. The summed E-state index contributed by atoms with van der Waals surface area (Å²) < 4.78 is 22.9. The Morgan fingerprint density at radius 3 is 2.21 bits per heavy atom. The largest absolute Gasteiger partial charge is 0.334 e. The summed E-state index contributed by atoms with van der Waals surface area (Å²) in [4.78, 5) is 19.3. The highest BCUT2D eigenvalue weighted by atomic mass is 32.2. The quantitative estimate of drug-likeness (QED) is 0.572. The van der Waals surface area contributed by atoms with Crippen molar-refractivity contribution in [3.8, 4) is 0 Å². The fourth-order valence-corrected chi connectivity index (χ4v) is 3.88. The lowest BCUT2D eigenvalue weighted by atomic mass is 10.1. The SMILES string of the molecule is CS(=O)(=O)Cc1ccc(C(=O)N(CCc2ccccn2)Cc2ccccc2)cc1. The molecule has 0 saturated carbocycles. The number of amides is 1. The van der Waals surface area contributed by atoms with Crippen molar-refractivity contribution < 1.29 is 13.2 Å². The molecule has 1 aromatic heterocycles. The first-order valence-corrected chi connectivity index (χ1v) is 11.5. The van der Waals surface area contributed by atoms with Crippen LogP contribution in [-0.4, -0.2) is 37.0 Å². The van der Waals surface area contributed by atoms with Gasteiger partial charge in [-0.3, -0.25) is 9.78 Å². The molecule has 0 bridgehead atoms. The second kappa shape index (κ2) is 9.47. The number of carbonyl (C=O) groups excluding carboxylic acids is 1. The summed E-state index contributed by atoms with van der Waals surface area (Å²) in [5.41, 5.74) is 3.20. The fraction of sp³-hybridized carbons (Fsp3) is 0.217. The molecule has 0 saturated heterocycles. The van der Waals surface area contributed by atoms with Gasteiger partial charge in [-0.1, -0.05) is 48.5 Å². The molecule has 1 amide bonds. The van der Waals surface area contributed by atoms with E-state index in [2.05, 4.69) is 4.98 Å². The Hall–Kier alpha value is -2.99. The molecule has 5 nitrogen and oxygen atoms in total. The zero-order valence-corrected chi connectivity index (χ0v) is 17.2. The van der Waals surface area contributed by atoms with E-state index in [1.54, 1.807) is 35.4 Å². The molecule has 0 unspecified atom stereocenters. The first kappa shape index (κ1) is 20.7. The van der Waals surface area contributed by atoms with Gasteiger partial charge in [0.05, 0.1) is 5.75 Å². The first-order valence-electron chi connectivity index (χ1n) is 9.40. The second-order valence-corrected chi connectivity index (χ2v) is 9.19. The maximum absolute atomic E-state index is 13.2. The molecule has 1 heterocycles. The molecule has 150 valence electrons. The average Bonchev–Trinajstić information content (AvgIpc) is 2.71. The molecule has 0 radical (unpaired) electrons. The van der Waals surface area contributed by atoms with Crippen LogP contribution in [0.3, 0.4) is 0 Å². The van der Waals surface area contributed by atoms with Gasteiger partial charge >= 0.3 is 0 Å². The third kappa shape index (κ3) is 6.54. The van der Waals surface area contributed by atoms with E-state index < -0.39 is 9.84 Å². The summed E-state index contributed by atoms with van der Waals surface area (Å²) in [7, 11) is -3.11. The minimum atomic E-state index is -3.11. The Bertz CT molecular complexity index is 1030. The van der Waals surface area contributed by atoms with Gasteiger partial charge < -0.3 is 4.90 Å². The van der Waals surface area contributed by atoms with Gasteiger partial charge in [-0.05, 0) is 35.4 Å². The topological polar surface area (TPSA) is 67.3 Å². The van der Waals surface area contributed by atoms with Crippen LogP contribution in [0.5, 0.6) is 0 Å². The minimum Gasteiger partial charge on any atom is -0.334 e. The van der Waals surface area contributed by atoms with Gasteiger partial charge in [0.2, 0.25) is 0 Å². The Morgan fingerprint density at radius 1 is 0.897 bits per heavy atom. The van der Waals surface area contributed by atoms with Gasteiger partial charge in [0.15, 0.2) is 9.84 Å². The highest BCUT2D eigenvalue weighted by molar-refractivity contribution is 7.89. The zero-order valence-electron chi connectivity index (χ0n) is 16.4. The summed E-state index contributed by atoms with van der Waals surface area (Å²) >= 11 is 0. The number of carbonyl (C=O) groups is 1. The van der Waals surface area contributed by atoms with Crippen molar-refractivity contribution in [1.82, 2.24) is 9.88 Å². The molecule has 0 aliphatic carbocycles. The van der Waals surface area contributed by atoms with Gasteiger partial charge in [0.25, 0.3) is 5.91 Å². The summed E-state index contributed by atoms with van der Waals surface area (Å²) in [6, 6.07) is 22.4. The van der Waals surface area contributed by atoms with E-state index >= 15 is 0 Å². The Labute approximate surface area is 172 Å². The summed E-state index contributed by atoms with van der Waals surface area (Å²) in [5, 5.41) is 0. The molecular formula is C23H24N2O3S. The number of aromatic nitrogens is 1. The lowest BCUT2D eigenvalue weighted by Crippen LogP contribution is -2.32. The van der Waals surface area contributed by atoms with Gasteiger partial charge in [0, 0.05) is 43.2 Å². The Kier molecular flexibility index (Phi) is 6.77. The molecule has 0 aliphatic rings. The molecule has 0 atom stereocenters. The van der Waals surface area contributed by atoms with Crippen LogP contribution in [0.1, 0.15) is 27.2 Å². The highest BCUT2D eigenvalue weighted by Crippen LogP contribution is 2.14. The summed E-state index contributed by atoms with van der Waals surface area (Å²) in [5.74, 6) is -0.120. The first-order chi connectivity index (χ1) is 13.9. The molecule has 3 aromatic rings. The number of hydrogen-bond donors (Lipinski definition) is 0. The van der Waals surface area contributed by atoms with E-state index in [4.69, 9.17) is 0 Å². The number of nitrogens with zero attached hydrogens (tertiary/aromatic N) is 2. The van der Waals surface area contributed by atoms with Crippen molar-refractivity contribution in [1.29, 1.82) is 0 Å². The van der Waals surface area contributed by atoms with Crippen molar-refractivity contribution in [2.75, 3.05) is 12.8 Å². The maximum Gasteiger partial charge on any atom is 0.254 e. The van der Waals surface area contributed by atoms with Crippen molar-refractivity contribution in [2.24, 2.45) is 0 Å². The second-order valence-electron chi connectivity index (χ2n) is 7.05. The van der Waals surface area contributed by atoms with E-state index in [0.717, 1.165) is 11.3 Å². The third-order valence-corrected chi connectivity index (χ3v) is 5.35. The maximum atomic E-state index is 13.2. The molecule has 0 fully saturated rings. The number of sulfone groups is 1. The van der Waals surface area contributed by atoms with Crippen LogP contribution in [0.2, 0.25) is 0 Å². The van der Waals surface area contributed by atoms with Crippen LogP contribution in [0.4, 0.5) is 0 Å². The smallest absolute Gasteiger partial charge is 0.254 e. The van der Waals surface area contributed by atoms with Crippen molar-refractivity contribution in [2.45, 2.75) is 18.7 Å². The Balaban J connectivity index is 1.77. The standard InChI is InChI=1S/C23H24N2O3S/c1-29(27,28)18-20-10-12-21(13-11-20)23(26)25(17-19-7-3-2-4-8-19)16-14-22-9-5-6-15-24-22/h2-13,15H,14,16-18H2,1H3. The highest BCUT2D eigenvalue weighted by Gasteiger charge is 2.17. The average molecular weight is 409 g/mol. The van der Waals surface area contributed by atoms with Crippen LogP contribution in [0.25, 0.3) is 0 Å². The fourth-order valence-electron chi connectivity index (χ4n) is 3.08. The van der Waals surface area contributed by atoms with E-state index in [9.17, 15) is 13.2 Å². The monoisotopic (exact) mass is 408 g/mol. The normalized spacial score (nSPS) is 11.2. The van der Waals surface area contributed by atoms with Gasteiger partial charge in [-0.2, -0.15) is 0 Å². The van der Waals surface area contributed by atoms with E-state index in [1.807, 2.05) is 48.5 Å². The zero-order chi connectivity index (χ0) is 20.7. The lowest BCUT2D eigenvalue weighted by molar-refractivity contribution is 0.0744. The lowest BCUT2D eigenvalue weighted by Gasteiger charge is -2.23. The van der Waals surface area contributed by atoms with E-state index in [-0.39, 0.29) is 11.7 Å². The predicted octanol–water partition coefficient (Wildman–Crippen LogP) is 3.51. The summed E-state index contributed by atoms with van der Waals surface area (Å²) in [6.07, 6.45) is 3.61. The van der Waals surface area contributed by atoms with Crippen molar-refractivity contribution in [3.05, 3.63) is 101 Å². The van der Waals surface area contributed by atoms with Crippen molar-refractivity contribution >= 4 is 15.7 Å². The summed E-state index contributed by atoms with van der Waals surface area (Å²) in [6.45, 7) is 1.04. The number of benzene rings is 2. The van der Waals surface area contributed by atoms with Crippen LogP contribution in [0.15, 0.2) is 79.0 Å². The van der Waals surface area contributed by atoms with Crippen LogP contribution >= 0.6 is 0 Å². The molecule has 2 aromatic carbocycles. The van der Waals surface area contributed by atoms with Crippen molar-refractivity contribution in [3.63, 3.8) is 0 Å². The van der Waals surface area contributed by atoms with Crippen LogP contribution in [-0.2, 0) is 28.6 Å². The number of rotatable bonds is 8. The van der Waals surface area contributed by atoms with Gasteiger partial charge in [0.1, 0.15) is 0 Å². The molecule has 3 rings (SSSR count). The third-order valence-electron chi connectivity index (χ3n) is 4.50. The van der Waals surface area contributed by atoms with E-state index in [1.165, 1.54) is 6.26 Å². The Morgan fingerprint density at radius 2 is 1.59 bits per heavy atom. The molecule has 6 heteroatoms. The molecule has 0 spiro atoms. The van der Waals surface area contributed by atoms with Crippen LogP contribution in [0, 0.1) is 0 Å². The minimum absolute atomic E-state index is 0.0329. The molecule has 0 N–H and O–H groups in total.